The van der Waals surface area contributed by atoms with Gasteiger partial charge in [0.1, 0.15) is 5.69 Å². The Morgan fingerprint density at radius 1 is 1.35 bits per heavy atom. The van der Waals surface area contributed by atoms with E-state index in [0.717, 1.165) is 33.3 Å². The maximum Gasteiger partial charge on any atom is 0.163 e. The smallest absolute Gasteiger partial charge is 0.163 e. The molecule has 5 heteroatoms. The Balaban J connectivity index is 2.26. The van der Waals surface area contributed by atoms with E-state index in [-0.39, 0.29) is 5.78 Å². The molecule has 1 aromatic carbocycles. The fourth-order valence-corrected chi connectivity index (χ4v) is 2.83. The topological polar surface area (TPSA) is 47.8 Å². The van der Waals surface area contributed by atoms with Crippen LogP contribution in [0.1, 0.15) is 22.3 Å². The van der Waals surface area contributed by atoms with Gasteiger partial charge in [0.2, 0.25) is 0 Å². The zero-order chi connectivity index (χ0) is 12.0. The normalized spacial score (nSPS) is 14.1. The quantitative estimate of drug-likeness (QED) is 0.810. The second-order valence-electron chi connectivity index (χ2n) is 4.15. The van der Waals surface area contributed by atoms with Crippen LogP contribution in [-0.2, 0) is 13.5 Å². The highest BCUT2D eigenvalue weighted by molar-refractivity contribution is 9.10. The van der Waals surface area contributed by atoms with Crippen LogP contribution in [0.4, 0.5) is 0 Å². The second-order valence-corrected chi connectivity index (χ2v) is 5.00. The van der Waals surface area contributed by atoms with Crippen molar-refractivity contribution < 1.29 is 4.79 Å². The first-order chi connectivity index (χ1) is 8.16. The number of rotatable bonds is 1. The fraction of sp³-hybridized carbons (Fsp3) is 0.250. The molecule has 86 valence electrons. The predicted octanol–water partition coefficient (Wildman–Crippen LogP) is 2.37. The number of benzene rings is 1. The van der Waals surface area contributed by atoms with Crippen molar-refractivity contribution in [2.75, 3.05) is 0 Å². The number of Topliss-reactive ketones (excluding diaryl/α,β-unsaturated/α-hetero) is 1. The van der Waals surface area contributed by atoms with Gasteiger partial charge in [0.25, 0.3) is 0 Å². The Hall–Kier alpha value is -1.49. The number of aryl methyl sites for hydroxylation is 1. The molecule has 1 heterocycles. The van der Waals surface area contributed by atoms with Crippen molar-refractivity contribution in [3.63, 3.8) is 0 Å². The number of hydrogen-bond donors (Lipinski definition) is 0. The molecule has 0 fully saturated rings. The Bertz CT molecular complexity index is 618. The molecule has 0 atom stereocenters. The molecule has 0 saturated carbocycles. The lowest BCUT2D eigenvalue weighted by Crippen LogP contribution is -1.93. The molecule has 0 radical (unpaired) electrons. The fourth-order valence-electron chi connectivity index (χ4n) is 2.25. The summed E-state index contributed by atoms with van der Waals surface area (Å²) in [6.07, 6.45) is 3.25. The highest BCUT2D eigenvalue weighted by atomic mass is 79.9. The van der Waals surface area contributed by atoms with Crippen LogP contribution in [0.15, 0.2) is 22.8 Å². The molecule has 0 unspecified atom stereocenters. The van der Waals surface area contributed by atoms with E-state index in [1.165, 1.54) is 0 Å². The van der Waals surface area contributed by atoms with Crippen LogP contribution in [0.25, 0.3) is 11.3 Å². The van der Waals surface area contributed by atoms with E-state index in [4.69, 9.17) is 0 Å². The third-order valence-electron chi connectivity index (χ3n) is 3.02. The summed E-state index contributed by atoms with van der Waals surface area (Å²) < 4.78 is 2.63. The Morgan fingerprint density at radius 3 is 2.88 bits per heavy atom. The first-order valence-corrected chi connectivity index (χ1v) is 6.17. The molecule has 0 N–H and O–H groups in total. The third kappa shape index (κ3) is 1.61. The number of ketones is 1. The van der Waals surface area contributed by atoms with E-state index >= 15 is 0 Å². The van der Waals surface area contributed by atoms with E-state index in [1.54, 1.807) is 4.68 Å². The molecular weight excluding hydrogens is 282 g/mol. The van der Waals surface area contributed by atoms with E-state index in [0.29, 0.717) is 6.42 Å². The van der Waals surface area contributed by atoms with E-state index in [9.17, 15) is 4.79 Å². The van der Waals surface area contributed by atoms with Crippen LogP contribution >= 0.6 is 15.9 Å². The van der Waals surface area contributed by atoms with Gasteiger partial charge in [-0.25, -0.2) is 0 Å². The van der Waals surface area contributed by atoms with Gasteiger partial charge in [-0.15, -0.1) is 5.10 Å². The average molecular weight is 292 g/mol. The van der Waals surface area contributed by atoms with Crippen molar-refractivity contribution in [2.45, 2.75) is 12.8 Å². The molecule has 0 spiro atoms. The largest absolute Gasteiger partial charge is 0.294 e. The van der Waals surface area contributed by atoms with Gasteiger partial charge in [-0.1, -0.05) is 21.1 Å². The number of carbonyl (C=O) groups is 1. The summed E-state index contributed by atoms with van der Waals surface area (Å²) in [6, 6.07) is 3.79. The summed E-state index contributed by atoms with van der Waals surface area (Å²) in [6.45, 7) is 0. The number of aromatic nitrogens is 3. The monoisotopic (exact) mass is 291 g/mol. The molecule has 1 aliphatic carbocycles. The lowest BCUT2D eigenvalue weighted by atomic mass is 10.0. The number of fused-ring (bicyclic) bond motifs is 1. The zero-order valence-electron chi connectivity index (χ0n) is 9.27. The first kappa shape index (κ1) is 10.7. The van der Waals surface area contributed by atoms with Crippen molar-refractivity contribution >= 4 is 21.7 Å². The molecule has 0 saturated heterocycles. The lowest BCUT2D eigenvalue weighted by Gasteiger charge is -2.07. The molecule has 4 nitrogen and oxygen atoms in total. The van der Waals surface area contributed by atoms with Crippen molar-refractivity contribution in [1.29, 1.82) is 0 Å². The Labute approximate surface area is 107 Å². The van der Waals surface area contributed by atoms with Crippen molar-refractivity contribution in [2.24, 2.45) is 7.05 Å². The van der Waals surface area contributed by atoms with Crippen molar-refractivity contribution in [3.05, 3.63) is 33.9 Å². The van der Waals surface area contributed by atoms with E-state index in [2.05, 4.69) is 26.2 Å². The molecule has 0 bridgehead atoms. The molecule has 1 aromatic heterocycles. The molecule has 17 heavy (non-hydrogen) atoms. The minimum Gasteiger partial charge on any atom is -0.294 e. The van der Waals surface area contributed by atoms with Crippen LogP contribution in [0.2, 0.25) is 0 Å². The molecule has 0 amide bonds. The maximum atomic E-state index is 11.7. The number of carbonyl (C=O) groups excluding carboxylic acids is 1. The van der Waals surface area contributed by atoms with Gasteiger partial charge in [0.15, 0.2) is 5.78 Å². The summed E-state index contributed by atoms with van der Waals surface area (Å²) in [7, 11) is 1.83. The molecule has 3 rings (SSSR count). The van der Waals surface area contributed by atoms with Crippen LogP contribution in [0, 0.1) is 0 Å². The van der Waals surface area contributed by atoms with Crippen LogP contribution < -0.4 is 0 Å². The van der Waals surface area contributed by atoms with Crippen LogP contribution in [0.3, 0.4) is 0 Å². The van der Waals surface area contributed by atoms with Gasteiger partial charge in [-0.3, -0.25) is 9.48 Å². The van der Waals surface area contributed by atoms with E-state index < -0.39 is 0 Å². The highest BCUT2D eigenvalue weighted by Gasteiger charge is 2.25. The first-order valence-electron chi connectivity index (χ1n) is 5.38. The lowest BCUT2D eigenvalue weighted by molar-refractivity contribution is 0.0994. The van der Waals surface area contributed by atoms with Crippen LogP contribution in [-0.4, -0.2) is 20.8 Å². The number of halogens is 1. The predicted molar refractivity (Wildman–Crippen MR) is 66.8 cm³/mol. The second kappa shape index (κ2) is 3.77. The van der Waals surface area contributed by atoms with Crippen molar-refractivity contribution in [3.8, 4) is 11.3 Å². The minimum atomic E-state index is 0.220. The standard InChI is InChI=1S/C12H10BrN3O/c1-16-6-10(14-15-16)12-8-3-5-11(17)7(8)2-4-9(12)13/h2,4,6H,3,5H2,1H3. The van der Waals surface area contributed by atoms with E-state index in [1.807, 2.05) is 25.4 Å². The number of nitrogens with zero attached hydrogens (tertiary/aromatic N) is 3. The summed E-state index contributed by atoms with van der Waals surface area (Å²) in [5, 5.41) is 8.06. The molecule has 2 aromatic rings. The molecular formula is C12H10BrN3O. The Kier molecular flexibility index (Phi) is 2.36. The summed E-state index contributed by atoms with van der Waals surface area (Å²) in [4.78, 5) is 11.7. The Morgan fingerprint density at radius 2 is 2.18 bits per heavy atom. The minimum absolute atomic E-state index is 0.220. The van der Waals surface area contributed by atoms with Gasteiger partial charge in [0, 0.05) is 29.1 Å². The SMILES string of the molecule is Cn1cc(-c2c(Br)ccc3c2CCC3=O)nn1. The summed E-state index contributed by atoms with van der Waals surface area (Å²) in [5.41, 5.74) is 3.73. The highest BCUT2D eigenvalue weighted by Crippen LogP contribution is 2.36. The van der Waals surface area contributed by atoms with Gasteiger partial charge < -0.3 is 0 Å². The third-order valence-corrected chi connectivity index (χ3v) is 3.68. The van der Waals surface area contributed by atoms with Crippen molar-refractivity contribution in [1.82, 2.24) is 15.0 Å². The molecule has 1 aliphatic rings. The average Bonchev–Trinajstić information content (AvgIpc) is 2.86. The number of hydrogen-bond acceptors (Lipinski definition) is 3. The maximum absolute atomic E-state index is 11.7. The van der Waals surface area contributed by atoms with Gasteiger partial charge in [0.05, 0.1) is 6.20 Å². The van der Waals surface area contributed by atoms with Gasteiger partial charge in [-0.2, -0.15) is 0 Å². The molecule has 0 aliphatic heterocycles. The van der Waals surface area contributed by atoms with Gasteiger partial charge in [-0.05, 0) is 24.1 Å². The summed E-state index contributed by atoms with van der Waals surface area (Å²) >= 11 is 3.53. The van der Waals surface area contributed by atoms with Gasteiger partial charge >= 0.3 is 0 Å². The van der Waals surface area contributed by atoms with Crippen LogP contribution in [0.5, 0.6) is 0 Å². The zero-order valence-corrected chi connectivity index (χ0v) is 10.9. The summed E-state index contributed by atoms with van der Waals surface area (Å²) in [5.74, 6) is 0.220.